The number of hydrogen-bond acceptors (Lipinski definition) is 5. The van der Waals surface area contributed by atoms with Gasteiger partial charge in [-0.25, -0.2) is 4.79 Å². The molecule has 6 heteroatoms. The summed E-state index contributed by atoms with van der Waals surface area (Å²) in [6.45, 7) is 6.26. The van der Waals surface area contributed by atoms with Crippen molar-refractivity contribution in [2.75, 3.05) is 20.1 Å². The first kappa shape index (κ1) is 16.1. The number of nitrogens with zero attached hydrogens (tertiary/aromatic N) is 1. The largest absolute Gasteiger partial charge is 0.444 e. The zero-order valence-electron chi connectivity index (χ0n) is 11.1. The van der Waals surface area contributed by atoms with Crippen molar-refractivity contribution in [1.29, 1.82) is 0 Å². The van der Waals surface area contributed by atoms with E-state index in [4.69, 9.17) is 10.5 Å². The number of carbonyl (C=O) groups is 1. The highest BCUT2D eigenvalue weighted by Crippen LogP contribution is 2.14. The molecule has 0 aliphatic carbocycles. The molecule has 0 saturated carbocycles. The summed E-state index contributed by atoms with van der Waals surface area (Å²) >= 11 is 0. The van der Waals surface area contributed by atoms with E-state index < -0.39 is 11.7 Å². The summed E-state index contributed by atoms with van der Waals surface area (Å²) in [4.78, 5) is 13.1. The molecule has 1 rings (SSSR count). The predicted octanol–water partition coefficient (Wildman–Crippen LogP) is -0.110. The molecule has 0 bridgehead atoms. The summed E-state index contributed by atoms with van der Waals surface area (Å²) in [6.07, 6.45) is -0.417. The van der Waals surface area contributed by atoms with E-state index in [2.05, 4.69) is 5.73 Å². The quantitative estimate of drug-likeness (QED) is 0.554. The van der Waals surface area contributed by atoms with Gasteiger partial charge in [0.25, 0.3) is 0 Å². The maximum atomic E-state index is 11.6. The van der Waals surface area contributed by atoms with Crippen molar-refractivity contribution in [2.24, 2.45) is 11.5 Å². The van der Waals surface area contributed by atoms with Gasteiger partial charge >= 0.3 is 6.09 Å². The van der Waals surface area contributed by atoms with E-state index in [1.54, 1.807) is 0 Å². The van der Waals surface area contributed by atoms with Gasteiger partial charge in [0.15, 0.2) is 0 Å². The minimum atomic E-state index is -0.647. The molecule has 2 atom stereocenters. The van der Waals surface area contributed by atoms with Crippen molar-refractivity contribution in [3.63, 3.8) is 0 Å². The highest BCUT2D eigenvalue weighted by atomic mass is 16.6. The fourth-order valence-electron chi connectivity index (χ4n) is 1.44. The Hall–Kier alpha value is -0.850. The van der Waals surface area contributed by atoms with Crippen molar-refractivity contribution in [1.82, 2.24) is 4.90 Å². The van der Waals surface area contributed by atoms with Crippen molar-refractivity contribution in [2.45, 2.75) is 44.9 Å². The number of aliphatic hydroxyl groups is 1. The summed E-state index contributed by atoms with van der Waals surface area (Å²) in [5, 5.41) is 9.52. The predicted molar refractivity (Wildman–Crippen MR) is 66.5 cm³/mol. The van der Waals surface area contributed by atoms with E-state index in [-0.39, 0.29) is 18.7 Å². The van der Waals surface area contributed by atoms with Crippen LogP contribution in [-0.4, -0.2) is 54.0 Å². The standard InChI is InChI=1S/C10H20N2O3.CH5N/c1-10(2,3)15-9(14)12-5-4-7(11)8(13)6-12;1-2/h7-8,13H,4-6,11H2,1-3H3;2H2,1H3. The molecule has 1 aliphatic heterocycles. The van der Waals surface area contributed by atoms with E-state index in [1.807, 2.05) is 20.8 Å². The number of nitrogens with two attached hydrogens (primary N) is 2. The van der Waals surface area contributed by atoms with Crippen LogP contribution in [0.25, 0.3) is 0 Å². The Morgan fingerprint density at radius 3 is 2.35 bits per heavy atom. The molecule has 2 unspecified atom stereocenters. The number of β-amino-alcohol motifs (C(OH)–C–C–N with tert-alkyl or cyclic N) is 1. The molecule has 1 fully saturated rings. The van der Waals surface area contributed by atoms with Crippen molar-refractivity contribution >= 4 is 6.09 Å². The van der Waals surface area contributed by atoms with Gasteiger partial charge in [-0.2, -0.15) is 0 Å². The van der Waals surface area contributed by atoms with Crippen LogP contribution >= 0.6 is 0 Å². The molecule has 0 aromatic carbocycles. The zero-order chi connectivity index (χ0) is 13.6. The van der Waals surface area contributed by atoms with E-state index in [0.29, 0.717) is 13.0 Å². The number of rotatable bonds is 0. The molecule has 5 N–H and O–H groups in total. The lowest BCUT2D eigenvalue weighted by Crippen LogP contribution is -2.53. The van der Waals surface area contributed by atoms with Gasteiger partial charge in [-0.05, 0) is 34.2 Å². The number of amides is 1. The lowest BCUT2D eigenvalue weighted by Gasteiger charge is -2.35. The van der Waals surface area contributed by atoms with Crippen LogP contribution in [0, 0.1) is 0 Å². The van der Waals surface area contributed by atoms with E-state index >= 15 is 0 Å². The second-order valence-corrected chi connectivity index (χ2v) is 4.95. The lowest BCUT2D eigenvalue weighted by molar-refractivity contribution is -0.000608. The summed E-state index contributed by atoms with van der Waals surface area (Å²) in [5.74, 6) is 0. The molecule has 17 heavy (non-hydrogen) atoms. The smallest absolute Gasteiger partial charge is 0.410 e. The maximum absolute atomic E-state index is 11.6. The Balaban J connectivity index is 0.00000121. The highest BCUT2D eigenvalue weighted by Gasteiger charge is 2.30. The molecular formula is C11H25N3O3. The van der Waals surface area contributed by atoms with Crippen LogP contribution in [0.5, 0.6) is 0 Å². The Bertz CT molecular complexity index is 241. The Morgan fingerprint density at radius 1 is 1.41 bits per heavy atom. The van der Waals surface area contributed by atoms with E-state index in [1.165, 1.54) is 11.9 Å². The lowest BCUT2D eigenvalue weighted by atomic mass is 10.0. The molecule has 0 radical (unpaired) electrons. The van der Waals surface area contributed by atoms with Gasteiger partial charge in [-0.3, -0.25) is 0 Å². The summed E-state index contributed by atoms with van der Waals surface area (Å²) < 4.78 is 5.20. The summed E-state index contributed by atoms with van der Waals surface area (Å²) in [5.41, 5.74) is 9.64. The Morgan fingerprint density at radius 2 is 1.94 bits per heavy atom. The van der Waals surface area contributed by atoms with Gasteiger partial charge in [-0.15, -0.1) is 0 Å². The Kier molecular flexibility index (Phi) is 6.44. The molecule has 1 aliphatic rings. The van der Waals surface area contributed by atoms with E-state index in [0.717, 1.165) is 0 Å². The monoisotopic (exact) mass is 247 g/mol. The van der Waals surface area contributed by atoms with Gasteiger partial charge in [0.1, 0.15) is 5.60 Å². The van der Waals surface area contributed by atoms with Gasteiger partial charge in [0.05, 0.1) is 12.6 Å². The van der Waals surface area contributed by atoms with Crippen LogP contribution in [0.15, 0.2) is 0 Å². The third-order valence-corrected chi connectivity index (χ3v) is 2.29. The van der Waals surface area contributed by atoms with Crippen LogP contribution in [0.3, 0.4) is 0 Å². The zero-order valence-corrected chi connectivity index (χ0v) is 11.1. The number of ether oxygens (including phenoxy) is 1. The first-order valence-electron chi connectivity index (χ1n) is 5.79. The fraction of sp³-hybridized carbons (Fsp3) is 0.909. The Labute approximate surface area is 103 Å². The van der Waals surface area contributed by atoms with E-state index in [9.17, 15) is 9.90 Å². The normalized spacial score (nSPS) is 24.8. The average molecular weight is 247 g/mol. The fourth-order valence-corrected chi connectivity index (χ4v) is 1.44. The number of aliphatic hydroxyl groups excluding tert-OH is 1. The molecule has 1 heterocycles. The first-order chi connectivity index (χ1) is 7.79. The molecule has 1 amide bonds. The summed E-state index contributed by atoms with van der Waals surface area (Å²) in [7, 11) is 1.50. The SMILES string of the molecule is CC(C)(C)OC(=O)N1CCC(N)C(O)C1.CN. The van der Waals surface area contributed by atoms with Gasteiger partial charge in [0.2, 0.25) is 0 Å². The second-order valence-electron chi connectivity index (χ2n) is 4.95. The molecule has 0 aromatic rings. The van der Waals surface area contributed by atoms with Gasteiger partial charge in [0, 0.05) is 12.6 Å². The molecule has 1 saturated heterocycles. The highest BCUT2D eigenvalue weighted by molar-refractivity contribution is 5.68. The topological polar surface area (TPSA) is 102 Å². The summed E-state index contributed by atoms with van der Waals surface area (Å²) in [6, 6.07) is -0.233. The molecule has 102 valence electrons. The van der Waals surface area contributed by atoms with Crippen LogP contribution in [-0.2, 0) is 4.74 Å². The minimum absolute atomic E-state index is 0.233. The number of carbonyl (C=O) groups excluding carboxylic acids is 1. The molecule has 0 aromatic heterocycles. The van der Waals surface area contributed by atoms with Crippen LogP contribution in [0.4, 0.5) is 4.79 Å². The molecule has 6 nitrogen and oxygen atoms in total. The number of likely N-dealkylation sites (tertiary alicyclic amines) is 1. The van der Waals surface area contributed by atoms with Crippen LogP contribution in [0.2, 0.25) is 0 Å². The number of piperidine rings is 1. The number of hydrogen-bond donors (Lipinski definition) is 3. The average Bonchev–Trinajstić information content (AvgIpc) is 2.22. The van der Waals surface area contributed by atoms with Crippen LogP contribution in [0.1, 0.15) is 27.2 Å². The third-order valence-electron chi connectivity index (χ3n) is 2.29. The molecule has 0 spiro atoms. The van der Waals surface area contributed by atoms with Crippen molar-refractivity contribution < 1.29 is 14.6 Å². The van der Waals surface area contributed by atoms with Crippen LogP contribution < -0.4 is 11.5 Å². The first-order valence-corrected chi connectivity index (χ1v) is 5.79. The van der Waals surface area contributed by atoms with Crippen molar-refractivity contribution in [3.8, 4) is 0 Å². The maximum Gasteiger partial charge on any atom is 0.410 e. The molecular weight excluding hydrogens is 222 g/mol. The third kappa shape index (κ3) is 5.86. The van der Waals surface area contributed by atoms with Crippen molar-refractivity contribution in [3.05, 3.63) is 0 Å². The van der Waals surface area contributed by atoms with Gasteiger partial charge < -0.3 is 26.2 Å². The second kappa shape index (κ2) is 6.78. The minimum Gasteiger partial charge on any atom is -0.444 e. The van der Waals surface area contributed by atoms with Gasteiger partial charge in [-0.1, -0.05) is 0 Å².